The highest BCUT2D eigenvalue weighted by Crippen LogP contribution is 2.23. The van der Waals surface area contributed by atoms with Gasteiger partial charge in [0.25, 0.3) is 0 Å². The molecule has 1 heterocycles. The largest absolute Gasteiger partial charge is 0.491 e. The molecule has 1 aromatic carbocycles. The van der Waals surface area contributed by atoms with Crippen LogP contribution >= 0.6 is 22.9 Å². The topological polar surface area (TPSA) is 64.1 Å². The van der Waals surface area contributed by atoms with Crippen LogP contribution in [0.1, 0.15) is 6.42 Å². The molecule has 18 heavy (non-hydrogen) atoms. The van der Waals surface area contributed by atoms with Crippen LogP contribution in [-0.2, 0) is 4.79 Å². The number of carbonyl (C=O) groups excluding carboxylic acids is 1. The van der Waals surface area contributed by atoms with Crippen molar-refractivity contribution in [1.29, 1.82) is 0 Å². The summed E-state index contributed by atoms with van der Waals surface area (Å²) >= 11 is 7.18. The summed E-state index contributed by atoms with van der Waals surface area (Å²) < 4.78 is 5.40. The van der Waals surface area contributed by atoms with Crippen LogP contribution in [0.25, 0.3) is 0 Å². The molecule has 0 saturated heterocycles. The number of hydrogen-bond donors (Lipinski definition) is 1. The minimum atomic E-state index is -0.168. The fourth-order valence-corrected chi connectivity index (χ4v) is 1.88. The minimum Gasteiger partial charge on any atom is -0.491 e. The van der Waals surface area contributed by atoms with Crippen LogP contribution < -0.4 is 10.1 Å². The van der Waals surface area contributed by atoms with Gasteiger partial charge >= 0.3 is 0 Å². The molecule has 0 unspecified atom stereocenters. The minimum absolute atomic E-state index is 0.168. The third-order valence-electron chi connectivity index (χ3n) is 2.03. The second-order valence-electron chi connectivity index (χ2n) is 3.32. The van der Waals surface area contributed by atoms with Crippen molar-refractivity contribution in [3.8, 4) is 5.75 Å². The molecule has 0 fully saturated rings. The van der Waals surface area contributed by atoms with E-state index in [1.807, 2.05) is 12.1 Å². The summed E-state index contributed by atoms with van der Waals surface area (Å²) in [5.74, 6) is 0.404. The molecule has 2 aromatic rings. The summed E-state index contributed by atoms with van der Waals surface area (Å²) in [6.07, 6.45) is 0.227. The molecular weight excluding hydrogens is 274 g/mol. The van der Waals surface area contributed by atoms with Gasteiger partial charge in [-0.05, 0) is 12.1 Å². The number of ether oxygens (including phenoxy) is 1. The van der Waals surface area contributed by atoms with Crippen LogP contribution in [-0.4, -0.2) is 22.7 Å². The Balaban J connectivity index is 1.75. The highest BCUT2D eigenvalue weighted by atomic mass is 35.5. The summed E-state index contributed by atoms with van der Waals surface area (Å²) in [7, 11) is 0. The zero-order valence-corrected chi connectivity index (χ0v) is 10.9. The predicted molar refractivity (Wildman–Crippen MR) is 70.1 cm³/mol. The lowest BCUT2D eigenvalue weighted by Crippen LogP contribution is -2.15. The van der Waals surface area contributed by atoms with Gasteiger partial charge in [-0.25, -0.2) is 0 Å². The fourth-order valence-electron chi connectivity index (χ4n) is 1.22. The molecule has 94 valence electrons. The van der Waals surface area contributed by atoms with E-state index in [9.17, 15) is 4.79 Å². The van der Waals surface area contributed by atoms with Crippen molar-refractivity contribution in [3.63, 3.8) is 0 Å². The van der Waals surface area contributed by atoms with Gasteiger partial charge in [0.05, 0.1) is 18.1 Å². The van der Waals surface area contributed by atoms with Crippen molar-refractivity contribution in [2.24, 2.45) is 0 Å². The van der Waals surface area contributed by atoms with Crippen molar-refractivity contribution in [2.75, 3.05) is 11.9 Å². The van der Waals surface area contributed by atoms with Gasteiger partial charge in [-0.15, -0.1) is 10.2 Å². The zero-order chi connectivity index (χ0) is 12.8. The van der Waals surface area contributed by atoms with Crippen molar-refractivity contribution >= 4 is 34.0 Å². The highest BCUT2D eigenvalue weighted by Gasteiger charge is 2.06. The quantitative estimate of drug-likeness (QED) is 0.916. The molecule has 7 heteroatoms. The first kappa shape index (κ1) is 12.8. The lowest BCUT2D eigenvalue weighted by atomic mass is 10.3. The average molecular weight is 284 g/mol. The normalized spacial score (nSPS) is 10.1. The van der Waals surface area contributed by atoms with Crippen molar-refractivity contribution in [3.05, 3.63) is 34.8 Å². The van der Waals surface area contributed by atoms with E-state index in [2.05, 4.69) is 15.5 Å². The Hall–Kier alpha value is -1.66. The summed E-state index contributed by atoms with van der Waals surface area (Å²) in [5.41, 5.74) is 1.55. The molecule has 1 aromatic heterocycles. The summed E-state index contributed by atoms with van der Waals surface area (Å²) in [5, 5.41) is 11.0. The number of para-hydroxylation sites is 1. The third-order valence-corrected chi connectivity index (χ3v) is 2.95. The SMILES string of the molecule is O=C(CCOc1ccccc1Cl)Nc1nncs1. The molecule has 5 nitrogen and oxygen atoms in total. The molecule has 1 N–H and O–H groups in total. The average Bonchev–Trinajstić information content (AvgIpc) is 2.84. The maximum atomic E-state index is 11.5. The first-order valence-corrected chi connectivity index (χ1v) is 6.45. The van der Waals surface area contributed by atoms with Crippen LogP contribution in [0.4, 0.5) is 5.13 Å². The maximum Gasteiger partial charge on any atom is 0.229 e. The van der Waals surface area contributed by atoms with E-state index in [-0.39, 0.29) is 18.9 Å². The van der Waals surface area contributed by atoms with Crippen LogP contribution in [0.15, 0.2) is 29.8 Å². The molecule has 0 bridgehead atoms. The number of aromatic nitrogens is 2. The Morgan fingerprint density at radius 2 is 2.28 bits per heavy atom. The van der Waals surface area contributed by atoms with E-state index in [0.29, 0.717) is 15.9 Å². The molecule has 2 rings (SSSR count). The van der Waals surface area contributed by atoms with Crippen molar-refractivity contribution in [2.45, 2.75) is 6.42 Å². The maximum absolute atomic E-state index is 11.5. The Morgan fingerprint density at radius 1 is 1.44 bits per heavy atom. The second kappa shape index (κ2) is 6.32. The third kappa shape index (κ3) is 3.68. The smallest absolute Gasteiger partial charge is 0.229 e. The number of nitrogens with one attached hydrogen (secondary N) is 1. The van der Waals surface area contributed by atoms with Crippen LogP contribution in [0.5, 0.6) is 5.75 Å². The monoisotopic (exact) mass is 283 g/mol. The number of hydrogen-bond acceptors (Lipinski definition) is 5. The van der Waals surface area contributed by atoms with Gasteiger partial charge in [-0.3, -0.25) is 4.79 Å². The van der Waals surface area contributed by atoms with Crippen LogP contribution in [0.2, 0.25) is 5.02 Å². The summed E-state index contributed by atoms with van der Waals surface area (Å²) in [4.78, 5) is 11.5. The van der Waals surface area contributed by atoms with Crippen LogP contribution in [0, 0.1) is 0 Å². The Labute approximate surface area is 113 Å². The van der Waals surface area contributed by atoms with E-state index in [0.717, 1.165) is 0 Å². The molecule has 0 aliphatic heterocycles. The molecule has 0 saturated carbocycles. The molecule has 1 amide bonds. The Bertz CT molecular complexity index is 519. The standard InChI is InChI=1S/C11H10ClN3O2S/c12-8-3-1-2-4-9(8)17-6-5-10(16)14-11-15-13-7-18-11/h1-4,7H,5-6H2,(H,14,15,16). The summed E-state index contributed by atoms with van der Waals surface area (Å²) in [6, 6.07) is 7.13. The molecule has 0 spiro atoms. The van der Waals surface area contributed by atoms with E-state index < -0.39 is 0 Å². The number of halogens is 1. The van der Waals surface area contributed by atoms with Gasteiger partial charge in [0.2, 0.25) is 11.0 Å². The Kier molecular flexibility index (Phi) is 4.49. The van der Waals surface area contributed by atoms with E-state index in [1.54, 1.807) is 17.6 Å². The molecular formula is C11H10ClN3O2S. The van der Waals surface area contributed by atoms with Crippen LogP contribution in [0.3, 0.4) is 0 Å². The summed E-state index contributed by atoms with van der Waals surface area (Å²) in [6.45, 7) is 0.258. The van der Waals surface area contributed by atoms with Gasteiger partial charge in [0.1, 0.15) is 11.3 Å². The van der Waals surface area contributed by atoms with E-state index >= 15 is 0 Å². The van der Waals surface area contributed by atoms with Gasteiger partial charge in [0.15, 0.2) is 0 Å². The lowest BCUT2D eigenvalue weighted by Gasteiger charge is -2.07. The molecule has 0 aliphatic rings. The molecule has 0 atom stereocenters. The van der Waals surface area contributed by atoms with Gasteiger partial charge in [-0.1, -0.05) is 35.1 Å². The predicted octanol–water partition coefficient (Wildman–Crippen LogP) is 2.60. The van der Waals surface area contributed by atoms with Gasteiger partial charge < -0.3 is 10.1 Å². The number of anilines is 1. The molecule has 0 aliphatic carbocycles. The van der Waals surface area contributed by atoms with E-state index in [4.69, 9.17) is 16.3 Å². The van der Waals surface area contributed by atoms with Gasteiger partial charge in [0, 0.05) is 0 Å². The Morgan fingerprint density at radius 3 is 3.00 bits per heavy atom. The number of amides is 1. The van der Waals surface area contributed by atoms with Crippen molar-refractivity contribution < 1.29 is 9.53 Å². The zero-order valence-electron chi connectivity index (χ0n) is 9.30. The first-order chi connectivity index (χ1) is 8.75. The number of rotatable bonds is 5. The lowest BCUT2D eigenvalue weighted by molar-refractivity contribution is -0.116. The highest BCUT2D eigenvalue weighted by molar-refractivity contribution is 7.13. The number of benzene rings is 1. The van der Waals surface area contributed by atoms with Gasteiger partial charge in [-0.2, -0.15) is 0 Å². The number of carbonyl (C=O) groups is 1. The molecule has 0 radical (unpaired) electrons. The van der Waals surface area contributed by atoms with Crippen molar-refractivity contribution in [1.82, 2.24) is 10.2 Å². The fraction of sp³-hybridized carbons (Fsp3) is 0.182. The van der Waals surface area contributed by atoms with E-state index in [1.165, 1.54) is 11.3 Å². The first-order valence-electron chi connectivity index (χ1n) is 5.19. The second-order valence-corrected chi connectivity index (χ2v) is 4.56. The number of nitrogens with zero attached hydrogens (tertiary/aromatic N) is 2.